The summed E-state index contributed by atoms with van der Waals surface area (Å²) in [6.07, 6.45) is 0.694. The number of amides is 1. The van der Waals surface area contributed by atoms with Crippen molar-refractivity contribution in [2.75, 3.05) is 5.32 Å². The molecule has 0 radical (unpaired) electrons. The molecule has 0 spiro atoms. The van der Waals surface area contributed by atoms with Crippen LogP contribution in [0, 0.1) is 5.92 Å². The Morgan fingerprint density at radius 2 is 1.85 bits per heavy atom. The molecule has 0 bridgehead atoms. The molecule has 1 atom stereocenters. The molecule has 0 aliphatic carbocycles. The molecule has 2 aromatic carbocycles. The molecule has 108 valence electrons. The van der Waals surface area contributed by atoms with Gasteiger partial charge in [-0.25, -0.2) is 0 Å². The van der Waals surface area contributed by atoms with E-state index in [-0.39, 0.29) is 19.7 Å². The third-order valence-electron chi connectivity index (χ3n) is 3.08. The molecule has 0 aliphatic rings. The van der Waals surface area contributed by atoms with Crippen LogP contribution in [0.15, 0.2) is 42.5 Å². The monoisotopic (exact) mass is 292 g/mol. The first-order valence-electron chi connectivity index (χ1n) is 6.61. The first-order chi connectivity index (χ1) is 9.06. The Morgan fingerprint density at radius 1 is 1.20 bits per heavy atom. The number of rotatable bonds is 4. The second kappa shape index (κ2) is 7.27. The minimum Gasteiger partial charge on any atom is -1.00 e. The number of carbonyl (C=O) groups is 1. The zero-order valence-electron chi connectivity index (χ0n) is 12.8. The number of carbonyl (C=O) groups excluding carboxylic acids is 1. The van der Waals surface area contributed by atoms with Crippen molar-refractivity contribution in [3.8, 4) is 0 Å². The normalized spacial score (nSPS) is 12.0. The molecule has 0 fully saturated rings. The standard InChI is InChI=1S/C16H20N2O.ClH/c1-11(2)9-15(17)16(19)18-14-8-7-12-5-3-4-6-13(12)10-14;/h3-8,10-11,15H,9,17H2,1-2H3,(H,18,19);1H. The zero-order chi connectivity index (χ0) is 13.8. The fourth-order valence-corrected chi connectivity index (χ4v) is 2.12. The maximum Gasteiger partial charge on any atom is 1.00 e. The summed E-state index contributed by atoms with van der Waals surface area (Å²) in [7, 11) is 0. The van der Waals surface area contributed by atoms with Gasteiger partial charge >= 0.3 is 1.43 Å². The maximum absolute atomic E-state index is 11.9. The van der Waals surface area contributed by atoms with Crippen LogP contribution in [0.3, 0.4) is 0 Å². The molecule has 2 aromatic rings. The molecule has 1 amide bonds. The highest BCUT2D eigenvalue weighted by Crippen LogP contribution is 2.19. The Balaban J connectivity index is 0.00000200. The van der Waals surface area contributed by atoms with Gasteiger partial charge in [0.1, 0.15) is 0 Å². The van der Waals surface area contributed by atoms with Crippen LogP contribution in [0.25, 0.3) is 10.8 Å². The van der Waals surface area contributed by atoms with E-state index in [2.05, 4.69) is 19.2 Å². The number of halogens is 1. The van der Waals surface area contributed by atoms with Crippen LogP contribution in [0.5, 0.6) is 0 Å². The first-order valence-corrected chi connectivity index (χ1v) is 6.61. The molecule has 1 unspecified atom stereocenters. The molecule has 0 saturated carbocycles. The molecule has 2 rings (SSSR count). The summed E-state index contributed by atoms with van der Waals surface area (Å²) in [6, 6.07) is 13.5. The quantitative estimate of drug-likeness (QED) is 0.850. The lowest BCUT2D eigenvalue weighted by molar-refractivity contribution is -0.117. The van der Waals surface area contributed by atoms with E-state index in [4.69, 9.17) is 5.73 Å². The number of benzene rings is 2. The van der Waals surface area contributed by atoms with Crippen molar-refractivity contribution in [3.05, 3.63) is 42.5 Å². The van der Waals surface area contributed by atoms with Crippen molar-refractivity contribution in [2.45, 2.75) is 26.3 Å². The SMILES string of the molecule is CC(C)CC(N)C(=O)Nc1ccc2ccccc2c1.[Cl-].[H+]. The smallest absolute Gasteiger partial charge is 1.00 e. The summed E-state index contributed by atoms with van der Waals surface area (Å²) in [5, 5.41) is 5.14. The topological polar surface area (TPSA) is 55.1 Å². The molecule has 3 nitrogen and oxygen atoms in total. The van der Waals surface area contributed by atoms with Crippen LogP contribution in [0.1, 0.15) is 21.7 Å². The largest absolute Gasteiger partial charge is 1.00 e. The second-order valence-corrected chi connectivity index (χ2v) is 5.29. The van der Waals surface area contributed by atoms with Gasteiger partial charge in [-0.15, -0.1) is 0 Å². The van der Waals surface area contributed by atoms with Crippen LogP contribution < -0.4 is 23.5 Å². The van der Waals surface area contributed by atoms with Crippen molar-refractivity contribution in [1.82, 2.24) is 0 Å². The van der Waals surface area contributed by atoms with E-state index in [0.717, 1.165) is 16.5 Å². The Kier molecular flexibility index (Phi) is 5.99. The average Bonchev–Trinajstić information content (AvgIpc) is 2.37. The van der Waals surface area contributed by atoms with Crippen LogP contribution in [-0.2, 0) is 4.79 Å². The van der Waals surface area contributed by atoms with Gasteiger partial charge in [0.25, 0.3) is 0 Å². The van der Waals surface area contributed by atoms with E-state index < -0.39 is 6.04 Å². The Hall–Kier alpha value is -1.58. The second-order valence-electron chi connectivity index (χ2n) is 5.29. The minimum atomic E-state index is -0.452. The van der Waals surface area contributed by atoms with Gasteiger partial charge in [-0.3, -0.25) is 4.79 Å². The summed E-state index contributed by atoms with van der Waals surface area (Å²) in [4.78, 5) is 11.9. The third kappa shape index (κ3) is 4.22. The number of fused-ring (bicyclic) bond motifs is 1. The number of anilines is 1. The molecule has 20 heavy (non-hydrogen) atoms. The van der Waals surface area contributed by atoms with Gasteiger partial charge in [-0.1, -0.05) is 44.2 Å². The minimum absolute atomic E-state index is 0. The zero-order valence-corrected chi connectivity index (χ0v) is 12.5. The number of hydrogen-bond acceptors (Lipinski definition) is 2. The van der Waals surface area contributed by atoms with Crippen molar-refractivity contribution >= 4 is 22.4 Å². The molecule has 0 heterocycles. The van der Waals surface area contributed by atoms with Crippen LogP contribution >= 0.6 is 0 Å². The van der Waals surface area contributed by atoms with E-state index >= 15 is 0 Å². The number of nitrogens with two attached hydrogens (primary N) is 1. The van der Waals surface area contributed by atoms with E-state index in [0.29, 0.717) is 12.3 Å². The van der Waals surface area contributed by atoms with E-state index in [9.17, 15) is 4.79 Å². The van der Waals surface area contributed by atoms with Crippen molar-refractivity contribution in [2.24, 2.45) is 11.7 Å². The van der Waals surface area contributed by atoms with Crippen LogP contribution in [-0.4, -0.2) is 11.9 Å². The first kappa shape index (κ1) is 16.5. The van der Waals surface area contributed by atoms with Gasteiger partial charge in [0.2, 0.25) is 5.91 Å². The van der Waals surface area contributed by atoms with Gasteiger partial charge in [0.15, 0.2) is 0 Å². The number of hydrogen-bond donors (Lipinski definition) is 2. The molecular weight excluding hydrogens is 272 g/mol. The van der Waals surface area contributed by atoms with Gasteiger partial charge in [0.05, 0.1) is 6.04 Å². The van der Waals surface area contributed by atoms with Crippen molar-refractivity contribution in [3.63, 3.8) is 0 Å². The predicted molar refractivity (Wildman–Crippen MR) is 81.1 cm³/mol. The highest BCUT2D eigenvalue weighted by atomic mass is 35.5. The lowest BCUT2D eigenvalue weighted by Gasteiger charge is -2.14. The summed E-state index contributed by atoms with van der Waals surface area (Å²) in [5.41, 5.74) is 6.66. The van der Waals surface area contributed by atoms with Crippen molar-refractivity contribution in [1.29, 1.82) is 0 Å². The molecular formula is C16H21ClN2O. The Bertz CT molecular complexity index is 589. The van der Waals surface area contributed by atoms with Crippen LogP contribution in [0.4, 0.5) is 5.69 Å². The van der Waals surface area contributed by atoms with Crippen LogP contribution in [0.2, 0.25) is 0 Å². The van der Waals surface area contributed by atoms with Crippen molar-refractivity contribution < 1.29 is 18.6 Å². The van der Waals surface area contributed by atoms with Gasteiger partial charge in [0, 0.05) is 5.69 Å². The van der Waals surface area contributed by atoms with E-state index in [1.807, 2.05) is 42.5 Å². The van der Waals surface area contributed by atoms with Gasteiger partial charge < -0.3 is 23.5 Å². The Morgan fingerprint density at radius 3 is 2.50 bits per heavy atom. The third-order valence-corrected chi connectivity index (χ3v) is 3.08. The lowest BCUT2D eigenvalue weighted by Crippen LogP contribution is -3.00. The van der Waals surface area contributed by atoms with E-state index in [1.54, 1.807) is 0 Å². The number of nitrogens with one attached hydrogen (secondary N) is 1. The van der Waals surface area contributed by atoms with Gasteiger partial charge in [-0.05, 0) is 35.2 Å². The molecule has 4 heteroatoms. The molecule has 0 aromatic heterocycles. The summed E-state index contributed by atoms with van der Waals surface area (Å²) in [6.45, 7) is 4.12. The molecule has 0 saturated heterocycles. The van der Waals surface area contributed by atoms with Gasteiger partial charge in [-0.2, -0.15) is 0 Å². The molecule has 0 aliphatic heterocycles. The predicted octanol–water partition coefficient (Wildman–Crippen LogP) is 0.268. The fourth-order valence-electron chi connectivity index (χ4n) is 2.12. The maximum atomic E-state index is 11.9. The van der Waals surface area contributed by atoms with E-state index in [1.165, 1.54) is 0 Å². The highest BCUT2D eigenvalue weighted by molar-refractivity contribution is 5.97. The summed E-state index contributed by atoms with van der Waals surface area (Å²) in [5.74, 6) is 0.293. The average molecular weight is 293 g/mol. The lowest BCUT2D eigenvalue weighted by atomic mass is 10.0. The summed E-state index contributed by atoms with van der Waals surface area (Å²) >= 11 is 0. The summed E-state index contributed by atoms with van der Waals surface area (Å²) < 4.78 is 0. The highest BCUT2D eigenvalue weighted by Gasteiger charge is 2.14. The fraction of sp³-hybridized carbons (Fsp3) is 0.312. The molecule has 3 N–H and O–H groups in total. The Labute approximate surface area is 127 Å².